The molecule has 0 radical (unpaired) electrons. The van der Waals surface area contributed by atoms with Gasteiger partial charge in [-0.25, -0.2) is 4.79 Å². The molecule has 1 atom stereocenters. The van der Waals surface area contributed by atoms with Crippen molar-refractivity contribution in [2.24, 2.45) is 10.8 Å². The largest absolute Gasteiger partial charge is 0.437 e. The van der Waals surface area contributed by atoms with Crippen LogP contribution in [0, 0.1) is 0 Å². The van der Waals surface area contributed by atoms with Crippen molar-refractivity contribution in [3.63, 3.8) is 0 Å². The molecule has 0 aromatic heterocycles. The van der Waals surface area contributed by atoms with Crippen molar-refractivity contribution in [2.75, 3.05) is 6.54 Å². The molecule has 1 aliphatic rings. The molecule has 1 rings (SSSR count). The second-order valence-electron chi connectivity index (χ2n) is 2.67. The van der Waals surface area contributed by atoms with Gasteiger partial charge in [-0.05, 0) is 11.6 Å². The minimum absolute atomic E-state index is 0.183. The molecule has 1 heterocycles. The fourth-order valence-electron chi connectivity index (χ4n) is 0.834. The van der Waals surface area contributed by atoms with Gasteiger partial charge >= 0.3 is 11.8 Å². The average molecular weight is 168 g/mol. The van der Waals surface area contributed by atoms with Crippen LogP contribution < -0.4 is 5.73 Å². The number of carbonyl (C=O) groups excluding carboxylic acids is 2. The van der Waals surface area contributed by atoms with E-state index in [4.69, 9.17) is 5.73 Å². The Kier molecular flexibility index (Phi) is 2.44. The molecule has 0 saturated heterocycles. The van der Waals surface area contributed by atoms with Crippen molar-refractivity contribution in [3.05, 3.63) is 12.2 Å². The fraction of sp³-hybridized carbons (Fsp3) is 0.429. The van der Waals surface area contributed by atoms with Gasteiger partial charge in [0.25, 0.3) is 0 Å². The summed E-state index contributed by atoms with van der Waals surface area (Å²) in [6.07, 6.45) is 2.33. The van der Waals surface area contributed by atoms with E-state index in [0.29, 0.717) is 0 Å². The zero-order chi connectivity index (χ0) is 9.14. The second-order valence-corrected chi connectivity index (χ2v) is 2.67. The second kappa shape index (κ2) is 3.36. The van der Waals surface area contributed by atoms with Gasteiger partial charge in [-0.15, -0.1) is 0 Å². The number of hydrogen-bond acceptors (Lipinski definition) is 3. The summed E-state index contributed by atoms with van der Waals surface area (Å²) in [5.41, 5.74) is 5.44. The maximum Gasteiger partial charge on any atom is 0.437 e. The smallest absolute Gasteiger partial charge is 0.323 e. The van der Waals surface area contributed by atoms with E-state index in [1.807, 2.05) is 0 Å². The van der Waals surface area contributed by atoms with E-state index in [0.717, 1.165) is 10.8 Å². The third-order valence-electron chi connectivity index (χ3n) is 1.30. The van der Waals surface area contributed by atoms with E-state index in [1.54, 1.807) is 6.92 Å². The minimum Gasteiger partial charge on any atom is -0.323 e. The number of hydrogen-bond donors (Lipinski definition) is 1. The SMILES string of the molecule is CC(N)C[N+]1=NC(=O)C=CC1=O. The first kappa shape index (κ1) is 8.73. The highest BCUT2D eigenvalue weighted by atomic mass is 16.2. The van der Waals surface area contributed by atoms with Gasteiger partial charge in [0.2, 0.25) is 0 Å². The molecular weight excluding hydrogens is 158 g/mol. The first-order valence-electron chi connectivity index (χ1n) is 3.60. The molecular formula is C7H10N3O2+. The Balaban J connectivity index is 2.75. The summed E-state index contributed by atoms with van der Waals surface area (Å²) < 4.78 is 1.08. The molecule has 0 spiro atoms. The highest BCUT2D eigenvalue weighted by Gasteiger charge is 2.23. The van der Waals surface area contributed by atoms with Gasteiger partial charge < -0.3 is 5.73 Å². The van der Waals surface area contributed by atoms with Gasteiger partial charge in [0.05, 0.1) is 12.1 Å². The Morgan fingerprint density at radius 1 is 1.58 bits per heavy atom. The Morgan fingerprint density at radius 2 is 2.25 bits per heavy atom. The molecule has 12 heavy (non-hydrogen) atoms. The minimum atomic E-state index is -0.421. The first-order chi connectivity index (χ1) is 5.59. The molecule has 0 aromatic rings. The number of nitrogens with two attached hydrogens (primary N) is 1. The Labute approximate surface area is 69.6 Å². The van der Waals surface area contributed by atoms with Crippen LogP contribution in [0.3, 0.4) is 0 Å². The van der Waals surface area contributed by atoms with E-state index in [2.05, 4.69) is 5.11 Å². The van der Waals surface area contributed by atoms with Gasteiger partial charge in [-0.3, -0.25) is 4.79 Å². The molecule has 0 saturated carbocycles. The van der Waals surface area contributed by atoms with Crippen molar-refractivity contribution in [1.29, 1.82) is 0 Å². The van der Waals surface area contributed by atoms with Crippen LogP contribution in [0.25, 0.3) is 0 Å². The molecule has 2 amide bonds. The van der Waals surface area contributed by atoms with E-state index in [-0.39, 0.29) is 18.5 Å². The molecule has 2 N–H and O–H groups in total. The van der Waals surface area contributed by atoms with Gasteiger partial charge in [-0.1, -0.05) is 0 Å². The van der Waals surface area contributed by atoms with Gasteiger partial charge in [0.1, 0.15) is 0 Å². The standard InChI is InChI=1S/C7H10N3O2/c1-5(8)4-10-7(12)3-2-6(11)9-10/h2-3,5H,4,8H2,1H3/q+1. The normalized spacial score (nSPS) is 19.3. The first-order valence-corrected chi connectivity index (χ1v) is 3.60. The molecule has 5 nitrogen and oxygen atoms in total. The van der Waals surface area contributed by atoms with Crippen molar-refractivity contribution in [2.45, 2.75) is 13.0 Å². The maximum absolute atomic E-state index is 11.0. The van der Waals surface area contributed by atoms with Crippen LogP contribution in [0.15, 0.2) is 17.3 Å². The number of carbonyl (C=O) groups is 2. The topological polar surface area (TPSA) is 75.5 Å². The summed E-state index contributed by atoms with van der Waals surface area (Å²) in [4.78, 5) is 21.7. The van der Waals surface area contributed by atoms with E-state index >= 15 is 0 Å². The average Bonchev–Trinajstić information content (AvgIpc) is 1.96. The monoisotopic (exact) mass is 168 g/mol. The molecule has 1 unspecified atom stereocenters. The van der Waals surface area contributed by atoms with Gasteiger partial charge in [0.15, 0.2) is 6.54 Å². The molecule has 64 valence electrons. The summed E-state index contributed by atoms with van der Waals surface area (Å²) in [6, 6.07) is -0.183. The predicted octanol–water partition coefficient (Wildman–Crippen LogP) is -0.579. The maximum atomic E-state index is 11.0. The number of azo groups is 2. The Morgan fingerprint density at radius 3 is 2.83 bits per heavy atom. The lowest BCUT2D eigenvalue weighted by molar-refractivity contribution is -0.508. The summed E-state index contributed by atoms with van der Waals surface area (Å²) in [5, 5.41) is 3.48. The van der Waals surface area contributed by atoms with Crippen LogP contribution in [0.1, 0.15) is 6.92 Å². The number of rotatable bonds is 2. The van der Waals surface area contributed by atoms with E-state index in [1.165, 1.54) is 6.08 Å². The summed E-state index contributed by atoms with van der Waals surface area (Å²) >= 11 is 0. The van der Waals surface area contributed by atoms with Gasteiger partial charge in [-0.2, -0.15) is 0 Å². The zero-order valence-electron chi connectivity index (χ0n) is 6.73. The van der Waals surface area contributed by atoms with Crippen molar-refractivity contribution in [1.82, 2.24) is 0 Å². The molecule has 0 fully saturated rings. The molecule has 5 heteroatoms. The quantitative estimate of drug-likeness (QED) is 0.560. The third-order valence-corrected chi connectivity index (χ3v) is 1.30. The predicted molar refractivity (Wildman–Crippen MR) is 40.4 cm³/mol. The highest BCUT2D eigenvalue weighted by molar-refractivity contribution is 5.96. The number of amides is 2. The third kappa shape index (κ3) is 2.06. The van der Waals surface area contributed by atoms with E-state index < -0.39 is 5.91 Å². The van der Waals surface area contributed by atoms with Crippen LogP contribution in [0.2, 0.25) is 0 Å². The lowest BCUT2D eigenvalue weighted by Crippen LogP contribution is -2.33. The number of nitrogens with zero attached hydrogens (tertiary/aromatic N) is 2. The summed E-state index contributed by atoms with van der Waals surface area (Å²) in [7, 11) is 0. The Hall–Kier alpha value is -1.36. The molecule has 1 aliphatic heterocycles. The van der Waals surface area contributed by atoms with Gasteiger partial charge in [0, 0.05) is 11.2 Å². The Bertz CT molecular complexity index is 278. The molecule has 0 aromatic carbocycles. The fourth-order valence-corrected chi connectivity index (χ4v) is 0.834. The van der Waals surface area contributed by atoms with Crippen LogP contribution in [-0.2, 0) is 9.59 Å². The summed E-state index contributed by atoms with van der Waals surface area (Å²) in [6.45, 7) is 2.01. The summed E-state index contributed by atoms with van der Waals surface area (Å²) in [5.74, 6) is -0.720. The zero-order valence-corrected chi connectivity index (χ0v) is 6.73. The van der Waals surface area contributed by atoms with E-state index in [9.17, 15) is 9.59 Å². The lowest BCUT2D eigenvalue weighted by Gasteiger charge is -2.00. The van der Waals surface area contributed by atoms with Crippen LogP contribution in [0.5, 0.6) is 0 Å². The van der Waals surface area contributed by atoms with Crippen molar-refractivity contribution < 1.29 is 14.3 Å². The van der Waals surface area contributed by atoms with Crippen LogP contribution in [-0.4, -0.2) is 29.1 Å². The van der Waals surface area contributed by atoms with Crippen molar-refractivity contribution in [3.8, 4) is 0 Å². The van der Waals surface area contributed by atoms with Crippen LogP contribution in [0.4, 0.5) is 0 Å². The van der Waals surface area contributed by atoms with Crippen LogP contribution >= 0.6 is 0 Å². The van der Waals surface area contributed by atoms with Crippen molar-refractivity contribution >= 4 is 11.8 Å². The molecule has 0 bridgehead atoms. The highest BCUT2D eigenvalue weighted by Crippen LogP contribution is 1.95. The molecule has 0 aliphatic carbocycles. The lowest BCUT2D eigenvalue weighted by atomic mass is 10.3.